The number of hydrogen-bond acceptors (Lipinski definition) is 2. The molecule has 0 radical (unpaired) electrons. The van der Waals surface area contributed by atoms with Gasteiger partial charge in [0.25, 0.3) is 0 Å². The first-order valence-corrected chi connectivity index (χ1v) is 7.17. The number of fused-ring (bicyclic) bond motifs is 5. The smallest absolute Gasteiger partial charge is 0.355 e. The van der Waals surface area contributed by atoms with Gasteiger partial charge < -0.3 is 10.1 Å². The average molecular weight is 305 g/mol. The molecule has 2 aromatic rings. The Balaban J connectivity index is 1.97. The fraction of sp³-hybridized carbons (Fsp3) is 0.294. The van der Waals surface area contributed by atoms with Gasteiger partial charge in [0.1, 0.15) is 5.60 Å². The van der Waals surface area contributed by atoms with Gasteiger partial charge in [-0.2, -0.15) is 13.2 Å². The fourth-order valence-electron chi connectivity index (χ4n) is 3.57. The molecule has 2 aromatic carbocycles. The summed E-state index contributed by atoms with van der Waals surface area (Å²) in [6, 6.07) is 13.2. The van der Waals surface area contributed by atoms with Gasteiger partial charge in [0.15, 0.2) is 0 Å². The molecule has 2 atom stereocenters. The van der Waals surface area contributed by atoms with Crippen LogP contribution in [0.15, 0.2) is 48.5 Å². The topological polar surface area (TPSA) is 21.3 Å². The molecule has 1 saturated heterocycles. The van der Waals surface area contributed by atoms with Crippen molar-refractivity contribution in [1.82, 2.24) is 5.32 Å². The second-order valence-corrected chi connectivity index (χ2v) is 5.70. The lowest BCUT2D eigenvalue weighted by Crippen LogP contribution is -2.45. The number of rotatable bonds is 1. The van der Waals surface area contributed by atoms with Crippen LogP contribution in [0.1, 0.15) is 28.4 Å². The van der Waals surface area contributed by atoms with Gasteiger partial charge >= 0.3 is 6.18 Å². The van der Waals surface area contributed by atoms with Crippen LogP contribution >= 0.6 is 0 Å². The van der Waals surface area contributed by atoms with Gasteiger partial charge in [-0.3, -0.25) is 0 Å². The Bertz CT molecular complexity index is 728. The summed E-state index contributed by atoms with van der Waals surface area (Å²) in [4.78, 5) is 0. The number of alkyl halides is 3. The zero-order valence-corrected chi connectivity index (χ0v) is 11.7. The van der Waals surface area contributed by atoms with Gasteiger partial charge in [0, 0.05) is 18.7 Å². The van der Waals surface area contributed by atoms with Gasteiger partial charge in [-0.1, -0.05) is 42.5 Å². The number of ether oxygens (including phenoxy) is 1. The SMILES string of the molecule is FC(F)(F)c1ccccc1C12CNCC(O1)c1ccccc12. The van der Waals surface area contributed by atoms with Crippen molar-refractivity contribution in [2.24, 2.45) is 0 Å². The summed E-state index contributed by atoms with van der Waals surface area (Å²) in [5.74, 6) is 0. The molecule has 2 unspecified atom stereocenters. The molecule has 0 aromatic heterocycles. The van der Waals surface area contributed by atoms with Crippen LogP contribution in [0.4, 0.5) is 13.2 Å². The summed E-state index contributed by atoms with van der Waals surface area (Å²) < 4.78 is 46.4. The first-order valence-electron chi connectivity index (χ1n) is 7.17. The van der Waals surface area contributed by atoms with Crippen LogP contribution in [0.5, 0.6) is 0 Å². The van der Waals surface area contributed by atoms with Crippen molar-refractivity contribution in [2.45, 2.75) is 17.9 Å². The van der Waals surface area contributed by atoms with Crippen molar-refractivity contribution in [1.29, 1.82) is 0 Å². The molecule has 0 aliphatic carbocycles. The van der Waals surface area contributed by atoms with E-state index < -0.39 is 17.3 Å². The summed E-state index contributed by atoms with van der Waals surface area (Å²) in [5.41, 5.74) is 0.302. The Morgan fingerprint density at radius 2 is 1.68 bits per heavy atom. The first kappa shape index (κ1) is 13.8. The molecule has 0 amide bonds. The zero-order chi connectivity index (χ0) is 15.4. The summed E-state index contributed by atoms with van der Waals surface area (Å²) in [5, 5.41) is 3.22. The highest BCUT2D eigenvalue weighted by Gasteiger charge is 2.51. The normalized spacial score (nSPS) is 26.8. The third-order valence-electron chi connectivity index (χ3n) is 4.46. The van der Waals surface area contributed by atoms with Crippen LogP contribution < -0.4 is 5.32 Å². The molecule has 2 nitrogen and oxygen atoms in total. The molecule has 0 saturated carbocycles. The van der Waals surface area contributed by atoms with Crippen LogP contribution in [-0.4, -0.2) is 13.1 Å². The van der Waals surface area contributed by atoms with Gasteiger partial charge in [-0.25, -0.2) is 0 Å². The summed E-state index contributed by atoms with van der Waals surface area (Å²) in [7, 11) is 0. The summed E-state index contributed by atoms with van der Waals surface area (Å²) in [6.07, 6.45) is -4.61. The molecule has 2 bridgehead atoms. The summed E-state index contributed by atoms with van der Waals surface area (Å²) >= 11 is 0. The number of halogens is 3. The van der Waals surface area contributed by atoms with Crippen molar-refractivity contribution in [2.75, 3.05) is 13.1 Å². The predicted molar refractivity (Wildman–Crippen MR) is 75.4 cm³/mol. The molecular formula is C17H14F3NO. The van der Waals surface area contributed by atoms with E-state index in [2.05, 4.69) is 5.32 Å². The van der Waals surface area contributed by atoms with E-state index in [9.17, 15) is 13.2 Å². The molecule has 2 heterocycles. The monoisotopic (exact) mass is 305 g/mol. The highest BCUT2D eigenvalue weighted by Crippen LogP contribution is 2.51. The van der Waals surface area contributed by atoms with E-state index in [4.69, 9.17) is 4.74 Å². The molecule has 4 rings (SSSR count). The Kier molecular flexibility index (Phi) is 2.86. The van der Waals surface area contributed by atoms with E-state index in [1.165, 1.54) is 12.1 Å². The zero-order valence-electron chi connectivity index (χ0n) is 11.7. The van der Waals surface area contributed by atoms with Gasteiger partial charge in [0.05, 0.1) is 11.7 Å². The van der Waals surface area contributed by atoms with E-state index in [1.54, 1.807) is 6.07 Å². The van der Waals surface area contributed by atoms with Crippen molar-refractivity contribution in [3.8, 4) is 0 Å². The number of hydrogen-bond donors (Lipinski definition) is 1. The maximum atomic E-state index is 13.4. The highest BCUT2D eigenvalue weighted by molar-refractivity contribution is 5.50. The average Bonchev–Trinajstić information content (AvgIpc) is 2.76. The predicted octanol–water partition coefficient (Wildman–Crippen LogP) is 3.62. The molecule has 2 aliphatic heterocycles. The number of morpholine rings is 1. The van der Waals surface area contributed by atoms with Crippen molar-refractivity contribution >= 4 is 0 Å². The van der Waals surface area contributed by atoms with Crippen LogP contribution in [-0.2, 0) is 16.5 Å². The lowest BCUT2D eigenvalue weighted by molar-refractivity contribution is -0.143. The standard InChI is InChI=1S/C17H14F3NO/c18-17(19,20)14-8-4-3-7-13(14)16-10-21-9-15(22-16)11-5-1-2-6-12(11)16/h1-8,15,21H,9-10H2. The molecule has 1 fully saturated rings. The largest absolute Gasteiger partial charge is 0.416 e. The van der Waals surface area contributed by atoms with Crippen LogP contribution in [0.2, 0.25) is 0 Å². The molecular weight excluding hydrogens is 291 g/mol. The quantitative estimate of drug-likeness (QED) is 0.869. The second-order valence-electron chi connectivity index (χ2n) is 5.70. The molecule has 114 valence electrons. The Labute approximate surface area is 125 Å². The van der Waals surface area contributed by atoms with Crippen molar-refractivity contribution in [3.05, 3.63) is 70.8 Å². The second kappa shape index (κ2) is 4.57. The van der Waals surface area contributed by atoms with E-state index in [0.717, 1.165) is 17.2 Å². The minimum absolute atomic E-state index is 0.185. The van der Waals surface area contributed by atoms with Crippen molar-refractivity contribution in [3.63, 3.8) is 0 Å². The third kappa shape index (κ3) is 1.82. The minimum atomic E-state index is -4.40. The first-order chi connectivity index (χ1) is 10.5. The lowest BCUT2D eigenvalue weighted by Gasteiger charge is -2.36. The van der Waals surface area contributed by atoms with Gasteiger partial charge in [-0.15, -0.1) is 0 Å². The van der Waals surface area contributed by atoms with E-state index in [1.807, 2.05) is 24.3 Å². The maximum Gasteiger partial charge on any atom is 0.416 e. The van der Waals surface area contributed by atoms with E-state index in [0.29, 0.717) is 13.1 Å². The minimum Gasteiger partial charge on any atom is -0.355 e. The van der Waals surface area contributed by atoms with E-state index >= 15 is 0 Å². The third-order valence-corrected chi connectivity index (χ3v) is 4.46. The lowest BCUT2D eigenvalue weighted by atomic mass is 9.83. The Morgan fingerprint density at radius 1 is 1.00 bits per heavy atom. The number of benzene rings is 2. The Hall–Kier alpha value is -1.85. The molecule has 1 N–H and O–H groups in total. The van der Waals surface area contributed by atoms with E-state index in [-0.39, 0.29) is 11.7 Å². The van der Waals surface area contributed by atoms with Crippen molar-refractivity contribution < 1.29 is 17.9 Å². The van der Waals surface area contributed by atoms with Crippen LogP contribution in [0.25, 0.3) is 0 Å². The van der Waals surface area contributed by atoms with Gasteiger partial charge in [0.2, 0.25) is 0 Å². The maximum absolute atomic E-state index is 13.4. The Morgan fingerprint density at radius 3 is 2.45 bits per heavy atom. The number of nitrogens with one attached hydrogen (secondary N) is 1. The fourth-order valence-corrected chi connectivity index (χ4v) is 3.57. The highest BCUT2D eigenvalue weighted by atomic mass is 19.4. The van der Waals surface area contributed by atoms with Gasteiger partial charge in [-0.05, 0) is 17.2 Å². The molecule has 2 aliphatic rings. The summed E-state index contributed by atoms with van der Waals surface area (Å²) in [6.45, 7) is 0.959. The van der Waals surface area contributed by atoms with Crippen LogP contribution in [0, 0.1) is 0 Å². The molecule has 0 spiro atoms. The molecule has 5 heteroatoms. The van der Waals surface area contributed by atoms with Crippen LogP contribution in [0.3, 0.4) is 0 Å². The molecule has 22 heavy (non-hydrogen) atoms.